The standard InChI is InChI=1S/C22H23N3O3/c1-23-13-6-5-9-18-19-15-17(25(27)28)10-11-20(19)24(21(18)22(23)26)14-12-16-7-3-2-4-8-16/h2-4,7-8,10-11,15H,5-6,9,12-14H2,1H3. The summed E-state index contributed by atoms with van der Waals surface area (Å²) in [6.07, 6.45) is 3.47. The Balaban J connectivity index is 1.87. The van der Waals surface area contributed by atoms with Gasteiger partial charge in [0, 0.05) is 43.2 Å². The third-order valence-electron chi connectivity index (χ3n) is 5.55. The highest BCUT2D eigenvalue weighted by Crippen LogP contribution is 2.33. The van der Waals surface area contributed by atoms with Crippen molar-refractivity contribution in [1.29, 1.82) is 0 Å². The Labute approximate surface area is 163 Å². The fraction of sp³-hybridized carbons (Fsp3) is 0.318. The van der Waals surface area contributed by atoms with Gasteiger partial charge >= 0.3 is 0 Å². The van der Waals surface area contributed by atoms with E-state index in [0.717, 1.165) is 48.7 Å². The van der Waals surface area contributed by atoms with Crippen LogP contribution >= 0.6 is 0 Å². The van der Waals surface area contributed by atoms with E-state index >= 15 is 0 Å². The predicted molar refractivity (Wildman–Crippen MR) is 109 cm³/mol. The second-order valence-corrected chi connectivity index (χ2v) is 7.36. The van der Waals surface area contributed by atoms with Crippen LogP contribution in [0.3, 0.4) is 0 Å². The molecule has 0 saturated carbocycles. The average molecular weight is 377 g/mol. The Morgan fingerprint density at radius 3 is 2.64 bits per heavy atom. The highest BCUT2D eigenvalue weighted by Gasteiger charge is 2.27. The van der Waals surface area contributed by atoms with Crippen molar-refractivity contribution in [3.05, 3.63) is 75.5 Å². The van der Waals surface area contributed by atoms with Gasteiger partial charge in [-0.2, -0.15) is 0 Å². The number of nitrogens with zero attached hydrogens (tertiary/aromatic N) is 3. The molecule has 2 heterocycles. The summed E-state index contributed by atoms with van der Waals surface area (Å²) in [5, 5.41) is 12.1. The van der Waals surface area contributed by atoms with Crippen LogP contribution in [0.1, 0.15) is 34.5 Å². The molecule has 1 aliphatic rings. The van der Waals surface area contributed by atoms with Crippen LogP contribution in [-0.2, 0) is 19.4 Å². The van der Waals surface area contributed by atoms with Gasteiger partial charge in [-0.05, 0) is 42.9 Å². The van der Waals surface area contributed by atoms with Gasteiger partial charge in [0.25, 0.3) is 11.6 Å². The van der Waals surface area contributed by atoms with Crippen molar-refractivity contribution in [2.24, 2.45) is 0 Å². The SMILES string of the molecule is CN1CCCCc2c(n(CCc3ccccc3)c3ccc([N+](=O)[O-])cc23)C1=O. The number of benzene rings is 2. The van der Waals surface area contributed by atoms with E-state index in [1.165, 1.54) is 11.6 Å². The van der Waals surface area contributed by atoms with E-state index in [1.54, 1.807) is 17.0 Å². The summed E-state index contributed by atoms with van der Waals surface area (Å²) in [5.74, 6) is 0.00150. The van der Waals surface area contributed by atoms with Crippen LogP contribution in [0.5, 0.6) is 0 Å². The average Bonchev–Trinajstić information content (AvgIpc) is 3.01. The minimum absolute atomic E-state index is 0.00150. The molecule has 0 radical (unpaired) electrons. The van der Waals surface area contributed by atoms with E-state index in [1.807, 2.05) is 25.2 Å². The summed E-state index contributed by atoms with van der Waals surface area (Å²) >= 11 is 0. The van der Waals surface area contributed by atoms with Crippen LogP contribution < -0.4 is 0 Å². The minimum Gasteiger partial charge on any atom is -0.340 e. The molecule has 0 bridgehead atoms. The van der Waals surface area contributed by atoms with E-state index < -0.39 is 0 Å². The van der Waals surface area contributed by atoms with Crippen molar-refractivity contribution in [3.8, 4) is 0 Å². The molecule has 0 atom stereocenters. The zero-order valence-electron chi connectivity index (χ0n) is 15.9. The number of aromatic nitrogens is 1. The van der Waals surface area contributed by atoms with Gasteiger partial charge in [0.05, 0.1) is 4.92 Å². The summed E-state index contributed by atoms with van der Waals surface area (Å²) < 4.78 is 2.06. The first-order chi connectivity index (χ1) is 13.6. The van der Waals surface area contributed by atoms with E-state index in [9.17, 15) is 14.9 Å². The van der Waals surface area contributed by atoms with Crippen LogP contribution in [-0.4, -0.2) is 33.9 Å². The smallest absolute Gasteiger partial charge is 0.270 e. The van der Waals surface area contributed by atoms with Crippen LogP contribution in [0.25, 0.3) is 10.9 Å². The molecular weight excluding hydrogens is 354 g/mol. The molecule has 3 aromatic rings. The summed E-state index contributed by atoms with van der Waals surface area (Å²) in [6.45, 7) is 1.39. The van der Waals surface area contributed by atoms with Gasteiger partial charge in [-0.3, -0.25) is 14.9 Å². The maximum absolute atomic E-state index is 13.2. The number of nitro groups is 1. The number of aryl methyl sites for hydroxylation is 3. The van der Waals surface area contributed by atoms with Crippen LogP contribution in [0.15, 0.2) is 48.5 Å². The van der Waals surface area contributed by atoms with Gasteiger partial charge in [-0.25, -0.2) is 0 Å². The Morgan fingerprint density at radius 2 is 1.89 bits per heavy atom. The van der Waals surface area contributed by atoms with Gasteiger partial charge in [-0.1, -0.05) is 30.3 Å². The Kier molecular flexibility index (Phi) is 4.86. The molecule has 0 N–H and O–H groups in total. The molecule has 2 aromatic carbocycles. The summed E-state index contributed by atoms with van der Waals surface area (Å²) in [7, 11) is 1.83. The van der Waals surface area contributed by atoms with Crippen LogP contribution in [0, 0.1) is 10.1 Å². The molecule has 144 valence electrons. The number of hydrogen-bond donors (Lipinski definition) is 0. The molecule has 0 spiro atoms. The topological polar surface area (TPSA) is 68.4 Å². The number of hydrogen-bond acceptors (Lipinski definition) is 3. The van der Waals surface area contributed by atoms with Crippen molar-refractivity contribution >= 4 is 22.5 Å². The second-order valence-electron chi connectivity index (χ2n) is 7.36. The van der Waals surface area contributed by atoms with E-state index in [0.29, 0.717) is 12.2 Å². The molecule has 0 unspecified atom stereocenters. The molecule has 4 rings (SSSR count). The van der Waals surface area contributed by atoms with Crippen molar-refractivity contribution < 1.29 is 9.72 Å². The normalized spacial score (nSPS) is 14.6. The molecule has 6 nitrogen and oxygen atoms in total. The highest BCUT2D eigenvalue weighted by molar-refractivity contribution is 6.02. The number of non-ortho nitro benzene ring substituents is 1. The van der Waals surface area contributed by atoms with Crippen molar-refractivity contribution in [1.82, 2.24) is 9.47 Å². The van der Waals surface area contributed by atoms with Gasteiger partial charge < -0.3 is 9.47 Å². The van der Waals surface area contributed by atoms with Gasteiger partial charge in [0.1, 0.15) is 5.69 Å². The van der Waals surface area contributed by atoms with Gasteiger partial charge in [0.15, 0.2) is 0 Å². The Hall–Kier alpha value is -3.15. The molecule has 1 aliphatic heterocycles. The van der Waals surface area contributed by atoms with E-state index in [2.05, 4.69) is 16.7 Å². The Bertz CT molecular complexity index is 1040. The number of carbonyl (C=O) groups excluding carboxylic acids is 1. The van der Waals surface area contributed by atoms with Crippen molar-refractivity contribution in [2.75, 3.05) is 13.6 Å². The molecule has 6 heteroatoms. The lowest BCUT2D eigenvalue weighted by Gasteiger charge is -2.22. The van der Waals surface area contributed by atoms with Crippen molar-refractivity contribution in [2.45, 2.75) is 32.2 Å². The number of nitro benzene ring substituents is 1. The largest absolute Gasteiger partial charge is 0.340 e. The third-order valence-corrected chi connectivity index (χ3v) is 5.55. The maximum Gasteiger partial charge on any atom is 0.270 e. The predicted octanol–water partition coefficient (Wildman–Crippen LogP) is 4.20. The summed E-state index contributed by atoms with van der Waals surface area (Å²) in [6, 6.07) is 15.1. The monoisotopic (exact) mass is 377 g/mol. The molecule has 1 amide bonds. The second kappa shape index (κ2) is 7.46. The van der Waals surface area contributed by atoms with E-state index in [4.69, 9.17) is 0 Å². The van der Waals surface area contributed by atoms with Crippen LogP contribution in [0.4, 0.5) is 5.69 Å². The molecule has 28 heavy (non-hydrogen) atoms. The maximum atomic E-state index is 13.2. The van der Waals surface area contributed by atoms with Crippen LogP contribution in [0.2, 0.25) is 0 Å². The number of amides is 1. The lowest BCUT2D eigenvalue weighted by molar-refractivity contribution is -0.384. The molecular formula is C22H23N3O3. The fourth-order valence-electron chi connectivity index (χ4n) is 4.07. The lowest BCUT2D eigenvalue weighted by Crippen LogP contribution is -2.32. The first kappa shape index (κ1) is 18.2. The first-order valence-electron chi connectivity index (χ1n) is 9.65. The quantitative estimate of drug-likeness (QED) is 0.505. The van der Waals surface area contributed by atoms with Gasteiger partial charge in [-0.15, -0.1) is 0 Å². The molecule has 1 aromatic heterocycles. The highest BCUT2D eigenvalue weighted by atomic mass is 16.6. The first-order valence-corrected chi connectivity index (χ1v) is 9.65. The zero-order valence-corrected chi connectivity index (χ0v) is 15.9. The zero-order chi connectivity index (χ0) is 19.7. The number of fused-ring (bicyclic) bond motifs is 3. The molecule has 0 aliphatic carbocycles. The molecule has 0 fully saturated rings. The number of carbonyl (C=O) groups is 1. The third kappa shape index (κ3) is 3.26. The Morgan fingerprint density at radius 1 is 1.11 bits per heavy atom. The van der Waals surface area contributed by atoms with Gasteiger partial charge in [0.2, 0.25) is 0 Å². The molecule has 0 saturated heterocycles. The van der Waals surface area contributed by atoms with Crippen molar-refractivity contribution in [3.63, 3.8) is 0 Å². The summed E-state index contributed by atoms with van der Waals surface area (Å²) in [4.78, 5) is 25.9. The van der Waals surface area contributed by atoms with E-state index in [-0.39, 0.29) is 16.5 Å². The number of rotatable bonds is 4. The lowest BCUT2D eigenvalue weighted by atomic mass is 10.0. The fourth-order valence-corrected chi connectivity index (χ4v) is 4.07. The minimum atomic E-state index is -0.371. The summed E-state index contributed by atoms with van der Waals surface area (Å²) in [5.41, 5.74) is 3.80.